The summed E-state index contributed by atoms with van der Waals surface area (Å²) in [6.45, 7) is 0. The van der Waals surface area contributed by atoms with Crippen LogP contribution in [0.3, 0.4) is 0 Å². The van der Waals surface area contributed by atoms with Crippen LogP contribution in [-0.4, -0.2) is 15.9 Å². The molecule has 6 heteroatoms. The summed E-state index contributed by atoms with van der Waals surface area (Å²) in [6, 6.07) is 15.7. The van der Waals surface area contributed by atoms with Gasteiger partial charge >= 0.3 is 5.69 Å². The molecule has 0 unspecified atom stereocenters. The van der Waals surface area contributed by atoms with Gasteiger partial charge < -0.3 is 15.3 Å². The number of rotatable bonds is 2. The molecule has 4 aromatic rings. The van der Waals surface area contributed by atoms with E-state index in [4.69, 9.17) is 0 Å². The fourth-order valence-electron chi connectivity index (χ4n) is 3.49. The van der Waals surface area contributed by atoms with Crippen molar-refractivity contribution in [2.45, 2.75) is 12.8 Å². The lowest BCUT2D eigenvalue weighted by Crippen LogP contribution is -2.10. The molecule has 1 aliphatic rings. The normalized spacial score (nSPS) is 12.6. The standard InChI is InChI=1S/C20H15N3O2S/c24-19(21-13-7-8-15-16(10-13)23-20(25)22-15)17-9-12-6-5-11-3-1-2-4-14(11)18(12)26-17/h1-4,7-10H,5-6H2,(H,21,24)(H2,22,23,25). The topological polar surface area (TPSA) is 77.8 Å². The third kappa shape index (κ3) is 2.46. The summed E-state index contributed by atoms with van der Waals surface area (Å²) in [5, 5.41) is 2.93. The van der Waals surface area contributed by atoms with Gasteiger partial charge in [0.05, 0.1) is 15.9 Å². The van der Waals surface area contributed by atoms with Crippen LogP contribution < -0.4 is 11.0 Å². The number of imidazole rings is 1. The van der Waals surface area contributed by atoms with E-state index in [0.717, 1.165) is 18.4 Å². The van der Waals surface area contributed by atoms with Crippen LogP contribution in [-0.2, 0) is 12.8 Å². The first-order valence-electron chi connectivity index (χ1n) is 8.42. The van der Waals surface area contributed by atoms with Crippen molar-refractivity contribution in [3.63, 3.8) is 0 Å². The zero-order valence-electron chi connectivity index (χ0n) is 13.8. The molecule has 0 aliphatic heterocycles. The van der Waals surface area contributed by atoms with Crippen molar-refractivity contribution in [1.29, 1.82) is 0 Å². The highest BCUT2D eigenvalue weighted by Gasteiger charge is 2.21. The Labute approximate surface area is 152 Å². The Kier molecular flexibility index (Phi) is 3.33. The van der Waals surface area contributed by atoms with Crippen molar-refractivity contribution >= 4 is 34.0 Å². The van der Waals surface area contributed by atoms with Crippen LogP contribution in [0.2, 0.25) is 0 Å². The minimum absolute atomic E-state index is 0.126. The average Bonchev–Trinajstić information content (AvgIpc) is 3.24. The highest BCUT2D eigenvalue weighted by molar-refractivity contribution is 7.17. The lowest BCUT2D eigenvalue weighted by molar-refractivity contribution is 0.103. The maximum absolute atomic E-state index is 12.7. The molecule has 0 saturated heterocycles. The first kappa shape index (κ1) is 15.2. The van der Waals surface area contributed by atoms with Gasteiger partial charge in [-0.05, 0) is 53.8 Å². The summed E-state index contributed by atoms with van der Waals surface area (Å²) in [6.07, 6.45) is 1.98. The van der Waals surface area contributed by atoms with Gasteiger partial charge in [-0.15, -0.1) is 11.3 Å². The minimum Gasteiger partial charge on any atom is -0.321 e. The Balaban J connectivity index is 1.46. The van der Waals surface area contributed by atoms with Crippen LogP contribution in [0.25, 0.3) is 21.5 Å². The fraction of sp³-hybridized carbons (Fsp3) is 0.100. The van der Waals surface area contributed by atoms with E-state index in [2.05, 4.69) is 33.5 Å². The second kappa shape index (κ2) is 5.71. The number of fused-ring (bicyclic) bond motifs is 4. The summed E-state index contributed by atoms with van der Waals surface area (Å²) in [7, 11) is 0. The number of hydrogen-bond acceptors (Lipinski definition) is 3. The Hall–Kier alpha value is -3.12. The van der Waals surface area contributed by atoms with Crippen LogP contribution in [0.1, 0.15) is 20.8 Å². The number of anilines is 1. The summed E-state index contributed by atoms with van der Waals surface area (Å²) in [5.74, 6) is -0.126. The van der Waals surface area contributed by atoms with Gasteiger partial charge in [0.15, 0.2) is 0 Å². The Morgan fingerprint density at radius 1 is 0.962 bits per heavy atom. The minimum atomic E-state index is -0.256. The van der Waals surface area contributed by atoms with E-state index in [1.807, 2.05) is 12.1 Å². The van der Waals surface area contributed by atoms with E-state index in [9.17, 15) is 9.59 Å². The number of amides is 1. The fourth-order valence-corrected chi connectivity index (χ4v) is 4.65. The molecule has 0 bridgehead atoms. The van der Waals surface area contributed by atoms with Crippen LogP contribution in [0.15, 0.2) is 53.3 Å². The lowest BCUT2D eigenvalue weighted by Gasteiger charge is -2.15. The number of nitrogens with one attached hydrogen (secondary N) is 3. The number of benzene rings is 2. The zero-order chi connectivity index (χ0) is 17.7. The third-order valence-corrected chi connectivity index (χ3v) is 5.94. The molecule has 128 valence electrons. The van der Waals surface area contributed by atoms with E-state index in [1.165, 1.54) is 32.9 Å². The molecular weight excluding hydrogens is 346 g/mol. The van der Waals surface area contributed by atoms with Gasteiger partial charge in [0.1, 0.15) is 0 Å². The second-order valence-corrected chi connectivity index (χ2v) is 7.47. The van der Waals surface area contributed by atoms with Crippen molar-refractivity contribution in [1.82, 2.24) is 9.97 Å². The molecule has 0 spiro atoms. The SMILES string of the molecule is O=C(Nc1ccc2[nH]c(=O)[nH]c2c1)c1cc2c(s1)-c1ccccc1CC2. The predicted octanol–water partition coefficient (Wildman–Crippen LogP) is 3.94. The molecule has 1 amide bonds. The highest BCUT2D eigenvalue weighted by Crippen LogP contribution is 2.39. The molecule has 2 heterocycles. The molecule has 5 rings (SSSR count). The van der Waals surface area contributed by atoms with Gasteiger partial charge in [-0.1, -0.05) is 24.3 Å². The maximum Gasteiger partial charge on any atom is 0.323 e. The quantitative estimate of drug-likeness (QED) is 0.506. The molecular formula is C20H15N3O2S. The molecule has 2 aromatic heterocycles. The van der Waals surface area contributed by atoms with Crippen LogP contribution >= 0.6 is 11.3 Å². The number of hydrogen-bond donors (Lipinski definition) is 3. The van der Waals surface area contributed by atoms with Gasteiger partial charge in [-0.2, -0.15) is 0 Å². The van der Waals surface area contributed by atoms with Crippen molar-refractivity contribution < 1.29 is 4.79 Å². The number of thiophene rings is 1. The summed E-state index contributed by atoms with van der Waals surface area (Å²) < 4.78 is 0. The van der Waals surface area contributed by atoms with Gasteiger partial charge in [0.25, 0.3) is 5.91 Å². The van der Waals surface area contributed by atoms with Crippen LogP contribution in [0.4, 0.5) is 5.69 Å². The van der Waals surface area contributed by atoms with Crippen molar-refractivity contribution in [2.75, 3.05) is 5.32 Å². The Morgan fingerprint density at radius 3 is 2.69 bits per heavy atom. The van der Waals surface area contributed by atoms with Gasteiger partial charge in [0, 0.05) is 10.6 Å². The van der Waals surface area contributed by atoms with Crippen molar-refractivity contribution in [3.8, 4) is 10.4 Å². The molecule has 5 nitrogen and oxygen atoms in total. The zero-order valence-corrected chi connectivity index (χ0v) is 14.6. The van der Waals surface area contributed by atoms with E-state index < -0.39 is 0 Å². The van der Waals surface area contributed by atoms with Gasteiger partial charge in [-0.25, -0.2) is 4.79 Å². The first-order chi connectivity index (χ1) is 12.7. The average molecular weight is 361 g/mol. The summed E-state index contributed by atoms with van der Waals surface area (Å²) in [5.41, 5.74) is 5.62. The van der Waals surface area contributed by atoms with E-state index >= 15 is 0 Å². The Morgan fingerprint density at radius 2 is 1.77 bits per heavy atom. The van der Waals surface area contributed by atoms with E-state index in [-0.39, 0.29) is 11.6 Å². The third-order valence-electron chi connectivity index (χ3n) is 4.73. The van der Waals surface area contributed by atoms with Gasteiger partial charge in [0.2, 0.25) is 0 Å². The van der Waals surface area contributed by atoms with Gasteiger partial charge in [-0.3, -0.25) is 4.79 Å². The number of carbonyl (C=O) groups excluding carboxylic acids is 1. The lowest BCUT2D eigenvalue weighted by atomic mass is 9.91. The van der Waals surface area contributed by atoms with Crippen LogP contribution in [0.5, 0.6) is 0 Å². The molecule has 2 aromatic carbocycles. The van der Waals surface area contributed by atoms with Crippen LogP contribution in [0, 0.1) is 0 Å². The number of aromatic amines is 2. The number of aryl methyl sites for hydroxylation is 2. The smallest absolute Gasteiger partial charge is 0.321 e. The molecule has 1 aliphatic carbocycles. The second-order valence-electron chi connectivity index (χ2n) is 6.42. The van der Waals surface area contributed by atoms with Crippen molar-refractivity contribution in [3.05, 3.63) is 75.0 Å². The molecule has 0 fully saturated rings. The summed E-state index contributed by atoms with van der Waals surface area (Å²) in [4.78, 5) is 31.4. The number of H-pyrrole nitrogens is 2. The molecule has 26 heavy (non-hydrogen) atoms. The van der Waals surface area contributed by atoms with E-state index in [0.29, 0.717) is 16.1 Å². The van der Waals surface area contributed by atoms with Crippen molar-refractivity contribution in [2.24, 2.45) is 0 Å². The van der Waals surface area contributed by atoms with E-state index in [1.54, 1.807) is 18.2 Å². The summed E-state index contributed by atoms with van der Waals surface area (Å²) >= 11 is 1.54. The monoisotopic (exact) mass is 361 g/mol. The predicted molar refractivity (Wildman–Crippen MR) is 104 cm³/mol. The number of aromatic nitrogens is 2. The molecule has 3 N–H and O–H groups in total. The number of carbonyl (C=O) groups is 1. The molecule has 0 atom stereocenters. The molecule has 0 radical (unpaired) electrons. The first-order valence-corrected chi connectivity index (χ1v) is 9.23. The molecule has 0 saturated carbocycles. The highest BCUT2D eigenvalue weighted by atomic mass is 32.1. The Bertz CT molecular complexity index is 1220. The largest absolute Gasteiger partial charge is 0.323 e. The maximum atomic E-state index is 12.7.